The lowest BCUT2D eigenvalue weighted by Gasteiger charge is -2.41. The zero-order chi connectivity index (χ0) is 31.8. The van der Waals surface area contributed by atoms with E-state index in [9.17, 15) is 17.6 Å². The van der Waals surface area contributed by atoms with E-state index in [0.29, 0.717) is 11.5 Å². The Bertz CT molecular complexity index is 1870. The van der Waals surface area contributed by atoms with Gasteiger partial charge < -0.3 is 23.0 Å². The van der Waals surface area contributed by atoms with Crippen molar-refractivity contribution in [3.05, 3.63) is 149 Å². The number of para-hydroxylation sites is 2. The topological polar surface area (TPSA) is 94.2 Å². The molecular formula is C30H20F4N3O6P3. The molecule has 9 nitrogen and oxygen atoms in total. The van der Waals surface area contributed by atoms with Crippen molar-refractivity contribution in [2.24, 2.45) is 9.03 Å². The predicted molar refractivity (Wildman–Crippen MR) is 165 cm³/mol. The Hall–Kier alpha value is -4.53. The molecule has 5 aromatic carbocycles. The second-order valence-electron chi connectivity index (χ2n) is 9.55. The van der Waals surface area contributed by atoms with Gasteiger partial charge in [-0.3, -0.25) is 9.05 Å². The second kappa shape index (κ2) is 12.0. The number of benzene rings is 5. The first-order chi connectivity index (χ1) is 22.2. The van der Waals surface area contributed by atoms with Gasteiger partial charge in [-0.1, -0.05) is 12.1 Å². The van der Waals surface area contributed by atoms with Crippen molar-refractivity contribution in [1.29, 1.82) is 0 Å². The van der Waals surface area contributed by atoms with Gasteiger partial charge in [0.05, 0.1) is 0 Å². The number of hydrogen-bond donors (Lipinski definition) is 0. The lowest BCUT2D eigenvalue weighted by Crippen LogP contribution is -2.13. The van der Waals surface area contributed by atoms with Crippen LogP contribution in [-0.2, 0) is 0 Å². The van der Waals surface area contributed by atoms with Gasteiger partial charge in [-0.2, -0.15) is 0 Å². The van der Waals surface area contributed by atoms with Crippen LogP contribution in [0.4, 0.5) is 17.6 Å². The highest BCUT2D eigenvalue weighted by Crippen LogP contribution is 2.88. The van der Waals surface area contributed by atoms with Crippen LogP contribution in [0.25, 0.3) is 4.86 Å². The van der Waals surface area contributed by atoms with Gasteiger partial charge >= 0.3 is 8.02 Å². The maximum absolute atomic E-state index is 13.9. The monoisotopic (exact) mass is 687 g/mol. The van der Waals surface area contributed by atoms with E-state index < -0.39 is 46.6 Å². The van der Waals surface area contributed by atoms with Crippen LogP contribution in [0.2, 0.25) is 0 Å². The van der Waals surface area contributed by atoms with Crippen molar-refractivity contribution in [3.8, 4) is 34.5 Å². The predicted octanol–water partition coefficient (Wildman–Crippen LogP) is 11.3. The highest BCUT2D eigenvalue weighted by Gasteiger charge is 2.58. The molecule has 0 bridgehead atoms. The van der Waals surface area contributed by atoms with Crippen molar-refractivity contribution in [2.45, 2.75) is 0 Å². The summed E-state index contributed by atoms with van der Waals surface area (Å²) >= 11 is 0. The number of nitrogens with zero attached hydrogens (tertiary/aromatic N) is 3. The molecule has 0 N–H and O–H groups in total. The van der Waals surface area contributed by atoms with Crippen LogP contribution < -0.4 is 27.1 Å². The Kier molecular flexibility index (Phi) is 7.87. The Morgan fingerprint density at radius 2 is 0.870 bits per heavy atom. The fraction of sp³-hybridized carbons (Fsp3) is 0. The molecule has 0 atom stereocenters. The molecule has 0 unspecified atom stereocenters. The smallest absolute Gasteiger partial charge is 0.440 e. The fourth-order valence-electron chi connectivity index (χ4n) is 4.15. The maximum atomic E-state index is 13.9. The van der Waals surface area contributed by atoms with E-state index in [1.165, 1.54) is 48.5 Å². The summed E-state index contributed by atoms with van der Waals surface area (Å²) in [5.74, 6) is -1.19. The zero-order valence-electron chi connectivity index (χ0n) is 23.2. The molecule has 2 heterocycles. The highest BCUT2D eigenvalue weighted by atomic mass is 31.3. The Morgan fingerprint density at radius 3 is 1.26 bits per heavy atom. The Balaban J connectivity index is 1.46. The van der Waals surface area contributed by atoms with Crippen LogP contribution in [0.1, 0.15) is 0 Å². The molecule has 2 aliphatic rings. The molecule has 46 heavy (non-hydrogen) atoms. The number of rotatable bonds is 8. The van der Waals surface area contributed by atoms with Gasteiger partial charge in [0.2, 0.25) is 0 Å². The van der Waals surface area contributed by atoms with Crippen LogP contribution in [-0.4, -0.2) is 0 Å². The van der Waals surface area contributed by atoms with E-state index in [1.807, 2.05) is 0 Å². The zero-order valence-corrected chi connectivity index (χ0v) is 25.9. The third-order valence-electron chi connectivity index (χ3n) is 6.11. The molecule has 0 radical (unpaired) electrons. The lowest BCUT2D eigenvalue weighted by molar-refractivity contribution is 0.448. The second-order valence-corrected chi connectivity index (χ2v) is 15.7. The maximum Gasteiger partial charge on any atom is 0.629 e. The summed E-state index contributed by atoms with van der Waals surface area (Å²) < 4.78 is 103. The van der Waals surface area contributed by atoms with Crippen molar-refractivity contribution in [2.75, 3.05) is 0 Å². The SMILES string of the molecule is Fc1ccc(OP2(Oc3ccc(F)cc3)=N[P+](Oc3ccc(F)cc3)(Oc3ccc(F)cc3)N=P3([N-]2)Oc2ccccc2O3)cc1. The van der Waals surface area contributed by atoms with E-state index in [4.69, 9.17) is 41.0 Å². The first-order valence-electron chi connectivity index (χ1n) is 13.4. The molecule has 2 aliphatic heterocycles. The molecule has 234 valence electrons. The van der Waals surface area contributed by atoms with Crippen LogP contribution in [0.15, 0.2) is 130 Å². The van der Waals surface area contributed by atoms with Crippen LogP contribution in [0.3, 0.4) is 0 Å². The van der Waals surface area contributed by atoms with Crippen molar-refractivity contribution in [1.82, 2.24) is 0 Å². The number of halogens is 4. The minimum absolute atomic E-state index is 0.0859. The average molecular weight is 687 g/mol. The molecule has 7 rings (SSSR count). The molecule has 5 aromatic rings. The lowest BCUT2D eigenvalue weighted by atomic mass is 10.3. The molecule has 0 fully saturated rings. The van der Waals surface area contributed by atoms with Crippen LogP contribution >= 0.6 is 23.3 Å². The summed E-state index contributed by atoms with van der Waals surface area (Å²) in [5.41, 5.74) is 0. The quantitative estimate of drug-likeness (QED) is 0.119. The van der Waals surface area contributed by atoms with Crippen LogP contribution in [0, 0.1) is 23.3 Å². The first-order valence-corrected chi connectivity index (χ1v) is 18.0. The van der Waals surface area contributed by atoms with E-state index >= 15 is 0 Å². The standard InChI is InChI=1S/C30H20F4N3O6P3/c31-21-5-13-25(14-6-21)38-44(39-26-15-7-22(32)8-16-26)35-45(40-27-17-9-23(33)10-18-27,41-28-19-11-24(34)12-20-28)37-46(36-44)42-29-3-1-2-4-30(29)43-46/h1-20H. The molecule has 0 saturated carbocycles. The Morgan fingerprint density at radius 1 is 0.500 bits per heavy atom. The van der Waals surface area contributed by atoms with E-state index in [2.05, 4.69) is 0 Å². The third kappa shape index (κ3) is 6.55. The van der Waals surface area contributed by atoms with E-state index in [-0.39, 0.29) is 23.0 Å². The van der Waals surface area contributed by atoms with Crippen molar-refractivity contribution >= 4 is 23.3 Å². The molecule has 0 aliphatic carbocycles. The van der Waals surface area contributed by atoms with Gasteiger partial charge in [-0.25, -0.2) is 17.6 Å². The van der Waals surface area contributed by atoms with Gasteiger partial charge in [0.15, 0.2) is 23.0 Å². The summed E-state index contributed by atoms with van der Waals surface area (Å²) in [6.45, 7) is 0. The van der Waals surface area contributed by atoms with Crippen LogP contribution in [0.5, 0.6) is 34.5 Å². The number of hydrogen-bond acceptors (Lipinski definition) is 8. The van der Waals surface area contributed by atoms with Gasteiger partial charge in [0.1, 0.15) is 34.8 Å². The minimum atomic E-state index is -4.16. The van der Waals surface area contributed by atoms with Gasteiger partial charge in [0, 0.05) is 9.03 Å². The normalized spacial score (nSPS) is 16.5. The van der Waals surface area contributed by atoms with Gasteiger partial charge in [0.25, 0.3) is 15.3 Å². The third-order valence-corrected chi connectivity index (χ3v) is 14.2. The summed E-state index contributed by atoms with van der Waals surface area (Å²) in [6.07, 6.45) is 0. The van der Waals surface area contributed by atoms with Gasteiger partial charge in [-0.15, -0.1) is 0 Å². The molecule has 0 saturated heterocycles. The summed E-state index contributed by atoms with van der Waals surface area (Å²) in [4.78, 5) is 4.76. The minimum Gasteiger partial charge on any atom is -0.440 e. The highest BCUT2D eigenvalue weighted by molar-refractivity contribution is 7.89. The Labute approximate surface area is 260 Å². The molecule has 0 amide bonds. The molecule has 16 heteroatoms. The summed E-state index contributed by atoms with van der Waals surface area (Å²) in [6, 6.07) is 26.7. The number of fused-ring (bicyclic) bond motifs is 1. The largest absolute Gasteiger partial charge is 0.629 e. The van der Waals surface area contributed by atoms with E-state index in [0.717, 1.165) is 48.5 Å². The molecular weight excluding hydrogens is 667 g/mol. The molecule has 0 aromatic heterocycles. The van der Waals surface area contributed by atoms with E-state index in [1.54, 1.807) is 24.3 Å². The summed E-state index contributed by atoms with van der Waals surface area (Å²) in [7, 11) is -12.2. The first kappa shape index (κ1) is 30.1. The van der Waals surface area contributed by atoms with Crippen molar-refractivity contribution in [3.63, 3.8) is 0 Å². The summed E-state index contributed by atoms with van der Waals surface area (Å²) in [5, 5.41) is 0. The average Bonchev–Trinajstić information content (AvgIpc) is 3.38. The molecule has 1 spiro atoms. The fourth-order valence-corrected chi connectivity index (χ4v) is 13.2. The van der Waals surface area contributed by atoms with Gasteiger partial charge in [-0.05, 0) is 109 Å². The van der Waals surface area contributed by atoms with Crippen molar-refractivity contribution < 1.29 is 44.7 Å².